The van der Waals surface area contributed by atoms with Crippen LogP contribution in [0.3, 0.4) is 0 Å². The number of aryl methyl sites for hydroxylation is 1. The first kappa shape index (κ1) is 53.7. The number of hydrogen-bond acceptors (Lipinski definition) is 11. The van der Waals surface area contributed by atoms with Crippen molar-refractivity contribution in [2.24, 2.45) is 17.6 Å². The van der Waals surface area contributed by atoms with Gasteiger partial charge in [0, 0.05) is 46.8 Å². The number of carboxylic acids is 1. The van der Waals surface area contributed by atoms with Crippen molar-refractivity contribution >= 4 is 55.0 Å². The van der Waals surface area contributed by atoms with Crippen LogP contribution in [0.2, 0.25) is 5.02 Å². The first-order valence-electron chi connectivity index (χ1n) is 22.8. The number of benzene rings is 4. The lowest BCUT2D eigenvalue weighted by molar-refractivity contribution is -0.155. The highest BCUT2D eigenvalue weighted by Crippen LogP contribution is 2.50. The number of aliphatic carboxylic acids is 1. The zero-order valence-electron chi connectivity index (χ0n) is 39.2. The van der Waals surface area contributed by atoms with E-state index in [0.29, 0.717) is 19.3 Å². The van der Waals surface area contributed by atoms with E-state index in [4.69, 9.17) is 22.1 Å². The lowest BCUT2D eigenvalue weighted by atomic mass is 9.87. The number of sulfone groups is 2. The summed E-state index contributed by atoms with van der Waals surface area (Å²) in [5, 5.41) is 11.4. The predicted octanol–water partition coefficient (Wildman–Crippen LogP) is 6.01. The van der Waals surface area contributed by atoms with Crippen LogP contribution in [-0.2, 0) is 38.7 Å². The van der Waals surface area contributed by atoms with Crippen LogP contribution in [0.15, 0.2) is 82.6 Å². The Morgan fingerprint density at radius 2 is 1.15 bits per heavy atom. The van der Waals surface area contributed by atoms with Crippen LogP contribution in [0.1, 0.15) is 75.2 Å². The van der Waals surface area contributed by atoms with E-state index in [2.05, 4.69) is 10.1 Å². The van der Waals surface area contributed by atoms with Gasteiger partial charge in [0.15, 0.2) is 31.0 Å². The molecule has 10 rings (SSSR count). The van der Waals surface area contributed by atoms with Gasteiger partial charge in [-0.3, -0.25) is 14.4 Å². The van der Waals surface area contributed by atoms with E-state index in [1.54, 1.807) is 0 Å². The van der Waals surface area contributed by atoms with Gasteiger partial charge in [0.05, 0.1) is 53.3 Å². The molecule has 6 fully saturated rings. The number of ether oxygens (including phenoxy) is 2. The van der Waals surface area contributed by atoms with E-state index in [9.17, 15) is 63.1 Å². The van der Waals surface area contributed by atoms with Crippen molar-refractivity contribution in [3.63, 3.8) is 0 Å². The summed E-state index contributed by atoms with van der Waals surface area (Å²) in [5.74, 6) is -5.50. The molecule has 4 heterocycles. The van der Waals surface area contributed by atoms with Crippen molar-refractivity contribution < 1.29 is 76.9 Å². The number of rotatable bonds is 11. The number of piperidine rings is 2. The first-order valence-corrected chi connectivity index (χ1v) is 27.0. The Balaban J connectivity index is 0.000000162. The number of hydrogen-bond donors (Lipinski definition) is 3. The summed E-state index contributed by atoms with van der Waals surface area (Å²) in [6.45, 7) is 0.156. The lowest BCUT2D eigenvalue weighted by Crippen LogP contribution is -2.58. The van der Waals surface area contributed by atoms with E-state index in [0.717, 1.165) is 43.2 Å². The van der Waals surface area contributed by atoms with E-state index in [-0.39, 0.29) is 79.8 Å². The monoisotopic (exact) mass is 1080 g/mol. The topological polar surface area (TPSA) is 220 Å². The molecule has 4 aromatic rings. The smallest absolute Gasteiger partial charge is 0.326 e. The van der Waals surface area contributed by atoms with Crippen LogP contribution in [-0.4, -0.2) is 130 Å². The number of likely N-dealkylation sites (tertiary alicyclic amines) is 2. The van der Waals surface area contributed by atoms with Crippen molar-refractivity contribution in [1.29, 1.82) is 0 Å². The quantitative estimate of drug-likeness (QED) is 0.116. The highest BCUT2D eigenvalue weighted by atomic mass is 35.5. The number of nitrogens with one attached hydrogen (secondary N) is 1. The molecule has 0 bridgehead atoms. The number of alkyl halides is 2. The fraction of sp³-hybridized carbons (Fsp3) is 0.429. The first-order chi connectivity index (χ1) is 34.1. The van der Waals surface area contributed by atoms with Crippen LogP contribution in [0.25, 0.3) is 0 Å². The van der Waals surface area contributed by atoms with Gasteiger partial charge in [-0.05, 0) is 111 Å². The molecule has 392 valence electrons. The molecule has 73 heavy (non-hydrogen) atoms. The molecule has 4 aromatic carbocycles. The van der Waals surface area contributed by atoms with E-state index in [1.807, 2.05) is 0 Å². The molecule has 4 N–H and O–H groups in total. The summed E-state index contributed by atoms with van der Waals surface area (Å²) in [6.07, 6.45) is 4.45. The van der Waals surface area contributed by atoms with Crippen LogP contribution in [0.5, 0.6) is 0 Å². The molecule has 0 radical (unpaired) electrons. The van der Waals surface area contributed by atoms with Crippen LogP contribution in [0.4, 0.5) is 26.3 Å². The molecule has 4 aliphatic heterocycles. The Morgan fingerprint density at radius 1 is 0.685 bits per heavy atom. The third-order valence-electron chi connectivity index (χ3n) is 14.0. The van der Waals surface area contributed by atoms with E-state index in [1.165, 1.54) is 65.3 Å². The van der Waals surface area contributed by atoms with Crippen molar-refractivity contribution in [1.82, 2.24) is 15.1 Å². The normalized spacial score (nSPS) is 24.6. The molecular formula is C49H49ClF6N4O11S2. The molecular weight excluding hydrogens is 1030 g/mol. The maximum absolute atomic E-state index is 15.5. The third kappa shape index (κ3) is 11.0. The van der Waals surface area contributed by atoms with E-state index < -0.39 is 115 Å². The van der Waals surface area contributed by atoms with Crippen LogP contribution in [0, 0.1) is 42.0 Å². The number of nitrogens with zero attached hydrogens (tertiary/aromatic N) is 2. The molecule has 8 atom stereocenters. The summed E-state index contributed by atoms with van der Waals surface area (Å²) in [5.41, 5.74) is 1.39. The molecule has 0 aromatic heterocycles. The minimum atomic E-state index is -3.56. The molecule has 0 unspecified atom stereocenters. The summed E-state index contributed by atoms with van der Waals surface area (Å²) in [7, 11) is -6.96. The molecule has 15 nitrogen and oxygen atoms in total. The number of carbonyl (C=O) groups excluding carboxylic acids is 3. The zero-order valence-corrected chi connectivity index (χ0v) is 41.6. The predicted molar refractivity (Wildman–Crippen MR) is 249 cm³/mol. The van der Waals surface area contributed by atoms with Crippen LogP contribution >= 0.6 is 11.6 Å². The van der Waals surface area contributed by atoms with Crippen molar-refractivity contribution in [2.75, 3.05) is 38.9 Å². The maximum atomic E-state index is 15.5. The Morgan fingerprint density at radius 3 is 1.62 bits per heavy atom. The van der Waals surface area contributed by atoms with Crippen molar-refractivity contribution in [3.8, 4) is 0 Å². The SMILES string of the molecule is CS(=O)(=O)c1cccc(C(=O)N2[C@@H](C(=O)O)C[C@H]3C[C@H]32)c1.Cc1cc(F)c([C@H](NC(=O)[C@H]2C[C@H]3C[C@H]3N2C(=O)c2cccc(S(C)(=O)=O)c2)C2(F)COC2)cc1F.N[C@@H](c1cc(F)c(Cl)cc1F)C1(F)COC1. The molecule has 6 aliphatic rings. The molecule has 2 saturated carbocycles. The average molecular weight is 1080 g/mol. The Hall–Kier alpha value is -5.59. The number of amides is 3. The standard InChI is InChI=1S/C25H25F3N2O5S.C14H15NO5S.C10H9ClF3NO/c1-13-6-19(27)17(10-18(13)26)22(25(28)11-35-12-25)29-23(31)21-9-15-8-20(15)30(21)24(32)14-4-3-5-16(7-14)36(2,33)34;1-21(19,20)10-4-2-3-8(5-10)13(16)15-11-6-9(11)7-12(15)14(17)18;11-6-2-7(12)5(1-8(6)13)9(15)10(14)3-16-4-10/h3-7,10,15,20-22H,8-9,11-12H2,1-2H3,(H,29,31);2-5,9,11-12H,6-7H2,1H3,(H,17,18);1-2,9H,3-4,15H2/t15-,20-,21-,22+;9-,11-,12-;9-/m110/s1. The van der Waals surface area contributed by atoms with Gasteiger partial charge in [0.25, 0.3) is 11.8 Å². The van der Waals surface area contributed by atoms with Gasteiger partial charge in [0.2, 0.25) is 5.91 Å². The second-order valence-corrected chi connectivity index (χ2v) is 23.8. The fourth-order valence-electron chi connectivity index (χ4n) is 9.57. The molecule has 0 spiro atoms. The molecule has 24 heteroatoms. The second kappa shape index (κ2) is 19.9. The number of fused-ring (bicyclic) bond motifs is 2. The molecule has 3 amide bonds. The highest BCUT2D eigenvalue weighted by molar-refractivity contribution is 7.91. The van der Waals surface area contributed by atoms with Gasteiger partial charge in [-0.2, -0.15) is 0 Å². The van der Waals surface area contributed by atoms with Crippen LogP contribution < -0.4 is 11.1 Å². The number of carbonyl (C=O) groups is 4. The number of carboxylic acid groups (broad SMARTS) is 1. The summed E-state index contributed by atoms with van der Waals surface area (Å²) >= 11 is 5.38. The van der Waals surface area contributed by atoms with Crippen molar-refractivity contribution in [2.45, 2.75) is 90.0 Å². The minimum Gasteiger partial charge on any atom is -0.480 e. The molecule has 2 aliphatic carbocycles. The van der Waals surface area contributed by atoms with Gasteiger partial charge in [-0.15, -0.1) is 0 Å². The highest BCUT2D eigenvalue weighted by Gasteiger charge is 2.58. The Bertz CT molecular complexity index is 3130. The average Bonchev–Trinajstić information content (AvgIpc) is 4.20. The minimum absolute atomic E-state index is 0.0134. The maximum Gasteiger partial charge on any atom is 0.326 e. The van der Waals surface area contributed by atoms with Gasteiger partial charge >= 0.3 is 5.97 Å². The second-order valence-electron chi connectivity index (χ2n) is 19.4. The summed E-state index contributed by atoms with van der Waals surface area (Å²) in [6, 6.07) is 9.99. The van der Waals surface area contributed by atoms with Gasteiger partial charge in [-0.25, -0.2) is 48.0 Å². The van der Waals surface area contributed by atoms with Crippen molar-refractivity contribution in [3.05, 3.63) is 129 Å². The van der Waals surface area contributed by atoms with Gasteiger partial charge in [0.1, 0.15) is 35.4 Å². The Kier molecular flexibility index (Phi) is 14.7. The Labute approximate surface area is 420 Å². The fourth-order valence-corrected chi connectivity index (χ4v) is 11.1. The number of nitrogens with two attached hydrogens (primary N) is 1. The summed E-state index contributed by atoms with van der Waals surface area (Å²) < 4.78 is 142. The number of halogens is 7. The largest absolute Gasteiger partial charge is 0.480 e. The third-order valence-corrected chi connectivity index (χ3v) is 16.5. The molecule has 4 saturated heterocycles. The zero-order chi connectivity index (χ0) is 53.3. The lowest BCUT2D eigenvalue weighted by Gasteiger charge is -2.41. The van der Waals surface area contributed by atoms with Gasteiger partial charge < -0.3 is 35.4 Å². The summed E-state index contributed by atoms with van der Waals surface area (Å²) in [4.78, 5) is 53.4. The van der Waals surface area contributed by atoms with E-state index >= 15 is 4.39 Å². The van der Waals surface area contributed by atoms with Gasteiger partial charge in [-0.1, -0.05) is 23.7 Å².